The number of hydrogen-bond donors (Lipinski definition) is 1. The summed E-state index contributed by atoms with van der Waals surface area (Å²) in [6, 6.07) is 48.7. The zero-order chi connectivity index (χ0) is 28.3. The summed E-state index contributed by atoms with van der Waals surface area (Å²) in [7, 11) is 0. The van der Waals surface area contributed by atoms with Crippen molar-refractivity contribution in [1.29, 1.82) is 0 Å². The molecule has 0 aliphatic heterocycles. The fraction of sp³-hybridized carbons (Fsp3) is 0. The molecule has 0 unspecified atom stereocenters. The SMILES string of the molecule is c1ccc(-c2nc(-c3ccc4c5ccccc5c5ccccc5c4c3)nc(-c3cccc4[nH]c5ccccc5c34)n2)cc1. The normalized spacial score (nSPS) is 11.7. The zero-order valence-electron chi connectivity index (χ0n) is 23.1. The van der Waals surface area contributed by atoms with E-state index in [4.69, 9.17) is 15.0 Å². The van der Waals surface area contributed by atoms with Gasteiger partial charge in [-0.15, -0.1) is 0 Å². The van der Waals surface area contributed by atoms with Gasteiger partial charge < -0.3 is 4.98 Å². The van der Waals surface area contributed by atoms with Crippen molar-refractivity contribution in [3.63, 3.8) is 0 Å². The number of hydrogen-bond acceptors (Lipinski definition) is 3. The lowest BCUT2D eigenvalue weighted by Gasteiger charge is -2.13. The van der Waals surface area contributed by atoms with Crippen LogP contribution >= 0.6 is 0 Å². The maximum atomic E-state index is 5.15. The monoisotopic (exact) mass is 548 g/mol. The van der Waals surface area contributed by atoms with E-state index in [1.54, 1.807) is 0 Å². The van der Waals surface area contributed by atoms with Gasteiger partial charge in [-0.2, -0.15) is 0 Å². The predicted molar refractivity (Wildman–Crippen MR) is 178 cm³/mol. The highest BCUT2D eigenvalue weighted by Gasteiger charge is 2.17. The van der Waals surface area contributed by atoms with E-state index in [1.807, 2.05) is 18.2 Å². The average molecular weight is 549 g/mol. The standard InChI is InChI=1S/C39H24N4/c1-2-11-24(12-3-1)37-41-38(43-39(42-37)32-18-10-20-35-36(32)31-17-8-9-19-34(31)40-35)25-21-22-30-28-15-5-4-13-26(28)27-14-6-7-16-29(27)33(30)23-25/h1-23,40H. The second-order valence-corrected chi connectivity index (χ2v) is 10.9. The van der Waals surface area contributed by atoms with Crippen molar-refractivity contribution in [2.75, 3.05) is 0 Å². The largest absolute Gasteiger partial charge is 0.354 e. The van der Waals surface area contributed by atoms with E-state index in [2.05, 4.69) is 126 Å². The van der Waals surface area contributed by atoms with Crippen molar-refractivity contribution < 1.29 is 0 Å². The summed E-state index contributed by atoms with van der Waals surface area (Å²) < 4.78 is 0. The number of H-pyrrole nitrogens is 1. The molecule has 0 aliphatic rings. The maximum Gasteiger partial charge on any atom is 0.164 e. The van der Waals surface area contributed by atoms with Crippen molar-refractivity contribution in [2.45, 2.75) is 0 Å². The van der Waals surface area contributed by atoms with E-state index >= 15 is 0 Å². The zero-order valence-corrected chi connectivity index (χ0v) is 23.1. The van der Waals surface area contributed by atoms with E-state index in [0.29, 0.717) is 17.5 Å². The molecule has 2 heterocycles. The molecule has 43 heavy (non-hydrogen) atoms. The minimum absolute atomic E-state index is 0.653. The number of nitrogens with one attached hydrogen (secondary N) is 1. The Morgan fingerprint density at radius 3 is 1.60 bits per heavy atom. The van der Waals surface area contributed by atoms with Crippen LogP contribution in [0.2, 0.25) is 0 Å². The summed E-state index contributed by atoms with van der Waals surface area (Å²) in [4.78, 5) is 18.8. The number of fused-ring (bicyclic) bond motifs is 9. The lowest BCUT2D eigenvalue weighted by molar-refractivity contribution is 1.08. The highest BCUT2D eigenvalue weighted by molar-refractivity contribution is 6.25. The van der Waals surface area contributed by atoms with Crippen molar-refractivity contribution in [3.05, 3.63) is 140 Å². The molecule has 0 amide bonds. The van der Waals surface area contributed by atoms with Gasteiger partial charge in [-0.25, -0.2) is 15.0 Å². The molecular weight excluding hydrogens is 524 g/mol. The molecule has 1 N–H and O–H groups in total. The van der Waals surface area contributed by atoms with Gasteiger partial charge in [0, 0.05) is 38.5 Å². The summed E-state index contributed by atoms with van der Waals surface area (Å²) in [5.74, 6) is 1.96. The summed E-state index contributed by atoms with van der Waals surface area (Å²) in [5, 5.41) is 9.65. The first-order chi connectivity index (χ1) is 21.3. The smallest absolute Gasteiger partial charge is 0.164 e. The summed E-state index contributed by atoms with van der Waals surface area (Å²) in [6.45, 7) is 0. The van der Waals surface area contributed by atoms with Crippen LogP contribution in [0.1, 0.15) is 0 Å². The van der Waals surface area contributed by atoms with Gasteiger partial charge in [0.1, 0.15) is 0 Å². The minimum Gasteiger partial charge on any atom is -0.354 e. The summed E-state index contributed by atoms with van der Waals surface area (Å²) >= 11 is 0. The highest BCUT2D eigenvalue weighted by Crippen LogP contribution is 2.38. The molecule has 200 valence electrons. The van der Waals surface area contributed by atoms with Crippen LogP contribution in [-0.2, 0) is 0 Å². The fourth-order valence-electron chi connectivity index (χ4n) is 6.48. The number of aromatic nitrogens is 4. The Morgan fingerprint density at radius 2 is 0.884 bits per heavy atom. The summed E-state index contributed by atoms with van der Waals surface area (Å²) in [5.41, 5.74) is 5.05. The maximum absolute atomic E-state index is 5.15. The highest BCUT2D eigenvalue weighted by atomic mass is 15.0. The number of para-hydroxylation sites is 1. The minimum atomic E-state index is 0.653. The van der Waals surface area contributed by atoms with E-state index in [9.17, 15) is 0 Å². The molecule has 7 aromatic carbocycles. The number of aromatic amines is 1. The van der Waals surface area contributed by atoms with Crippen molar-refractivity contribution >= 4 is 54.1 Å². The van der Waals surface area contributed by atoms with Gasteiger partial charge in [0.2, 0.25) is 0 Å². The molecule has 4 heteroatoms. The first kappa shape index (κ1) is 23.8. The van der Waals surface area contributed by atoms with Gasteiger partial charge in [0.05, 0.1) is 0 Å². The van der Waals surface area contributed by atoms with Crippen LogP contribution < -0.4 is 0 Å². The van der Waals surface area contributed by atoms with Crippen LogP contribution in [0.4, 0.5) is 0 Å². The molecule has 0 radical (unpaired) electrons. The number of rotatable bonds is 3. The van der Waals surface area contributed by atoms with E-state index in [-0.39, 0.29) is 0 Å². The van der Waals surface area contributed by atoms with Crippen LogP contribution in [-0.4, -0.2) is 19.9 Å². The van der Waals surface area contributed by atoms with Gasteiger partial charge in [-0.05, 0) is 50.5 Å². The predicted octanol–water partition coefficient (Wildman–Crippen LogP) is 9.97. The van der Waals surface area contributed by atoms with Crippen LogP contribution in [0.5, 0.6) is 0 Å². The quantitative estimate of drug-likeness (QED) is 0.224. The van der Waals surface area contributed by atoms with Crippen molar-refractivity contribution in [2.24, 2.45) is 0 Å². The molecule has 0 bridgehead atoms. The van der Waals surface area contributed by atoms with E-state index in [0.717, 1.165) is 38.5 Å². The molecule has 9 rings (SSSR count). The Bertz CT molecular complexity index is 2480. The second-order valence-electron chi connectivity index (χ2n) is 10.9. The third-order valence-electron chi connectivity index (χ3n) is 8.44. The lowest BCUT2D eigenvalue weighted by Crippen LogP contribution is -2.00. The Labute approximate surface area is 247 Å². The molecular formula is C39H24N4. The Balaban J connectivity index is 1.33. The first-order valence-electron chi connectivity index (χ1n) is 14.5. The van der Waals surface area contributed by atoms with Crippen LogP contribution in [0.3, 0.4) is 0 Å². The third kappa shape index (κ3) is 3.74. The van der Waals surface area contributed by atoms with Gasteiger partial charge in [0.25, 0.3) is 0 Å². The molecule has 2 aromatic heterocycles. The van der Waals surface area contributed by atoms with Crippen LogP contribution in [0.25, 0.3) is 88.3 Å². The van der Waals surface area contributed by atoms with Crippen molar-refractivity contribution in [3.8, 4) is 34.2 Å². The molecule has 0 fully saturated rings. The molecule has 0 spiro atoms. The van der Waals surface area contributed by atoms with Gasteiger partial charge in [-0.1, -0.05) is 121 Å². The summed E-state index contributed by atoms with van der Waals surface area (Å²) in [6.07, 6.45) is 0. The molecule has 0 saturated heterocycles. The molecule has 4 nitrogen and oxygen atoms in total. The topological polar surface area (TPSA) is 54.5 Å². The first-order valence-corrected chi connectivity index (χ1v) is 14.5. The Kier molecular flexibility index (Phi) is 5.16. The van der Waals surface area contributed by atoms with E-state index < -0.39 is 0 Å². The van der Waals surface area contributed by atoms with Crippen molar-refractivity contribution in [1.82, 2.24) is 19.9 Å². The number of nitrogens with zero attached hydrogens (tertiary/aromatic N) is 3. The van der Waals surface area contributed by atoms with Crippen LogP contribution in [0.15, 0.2) is 140 Å². The number of benzene rings is 7. The molecule has 0 atom stereocenters. The lowest BCUT2D eigenvalue weighted by atomic mass is 9.93. The van der Waals surface area contributed by atoms with Gasteiger partial charge in [-0.3, -0.25) is 0 Å². The van der Waals surface area contributed by atoms with Gasteiger partial charge >= 0.3 is 0 Å². The van der Waals surface area contributed by atoms with E-state index in [1.165, 1.54) is 32.3 Å². The molecule has 0 saturated carbocycles. The third-order valence-corrected chi connectivity index (χ3v) is 8.44. The average Bonchev–Trinajstić information content (AvgIpc) is 3.47. The molecule has 9 aromatic rings. The Hall–Kier alpha value is -5.87. The second kappa shape index (κ2) is 9.33. The van der Waals surface area contributed by atoms with Crippen LogP contribution in [0, 0.1) is 0 Å². The Morgan fingerprint density at radius 1 is 0.349 bits per heavy atom. The fourth-order valence-corrected chi connectivity index (χ4v) is 6.48. The van der Waals surface area contributed by atoms with Gasteiger partial charge in [0.15, 0.2) is 17.5 Å². The molecule has 0 aliphatic carbocycles.